The standard InChI is InChI=1S/C17H18Cl2N4O/c18-7-4-8-21-9-11-22(12-10-21)15-13-20-23(17(24)16(15)19)14-5-2-1-3-6-14/h1-7,13H,8-12H2/b7-4+. The van der Waals surface area contributed by atoms with Gasteiger partial charge in [-0.3, -0.25) is 9.69 Å². The van der Waals surface area contributed by atoms with Crippen LogP contribution in [0.1, 0.15) is 0 Å². The number of piperazine rings is 1. The van der Waals surface area contributed by atoms with Crippen molar-refractivity contribution in [3.63, 3.8) is 0 Å². The molecular weight excluding hydrogens is 347 g/mol. The molecule has 24 heavy (non-hydrogen) atoms. The number of anilines is 1. The fourth-order valence-corrected chi connectivity index (χ4v) is 3.09. The van der Waals surface area contributed by atoms with Gasteiger partial charge in [0.1, 0.15) is 5.02 Å². The van der Waals surface area contributed by atoms with Gasteiger partial charge in [0.2, 0.25) is 0 Å². The summed E-state index contributed by atoms with van der Waals surface area (Å²) in [7, 11) is 0. The third kappa shape index (κ3) is 3.64. The molecule has 1 fully saturated rings. The third-order valence-electron chi connectivity index (χ3n) is 4.07. The quantitative estimate of drug-likeness (QED) is 0.836. The number of benzene rings is 1. The van der Waals surface area contributed by atoms with Crippen LogP contribution in [-0.4, -0.2) is 47.4 Å². The normalized spacial score (nSPS) is 16.0. The van der Waals surface area contributed by atoms with Crippen LogP contribution in [0.3, 0.4) is 0 Å². The third-order valence-corrected chi connectivity index (χ3v) is 4.60. The molecule has 1 saturated heterocycles. The number of para-hydroxylation sites is 1. The molecule has 3 rings (SSSR count). The van der Waals surface area contributed by atoms with Crippen molar-refractivity contribution in [3.05, 3.63) is 63.5 Å². The molecule has 0 unspecified atom stereocenters. The van der Waals surface area contributed by atoms with Gasteiger partial charge in [0.25, 0.3) is 5.56 Å². The summed E-state index contributed by atoms with van der Waals surface area (Å²) in [6.07, 6.45) is 3.60. The smallest absolute Gasteiger partial charge is 0.292 e. The first-order valence-corrected chi connectivity index (χ1v) is 8.58. The molecule has 0 aliphatic carbocycles. The minimum Gasteiger partial charge on any atom is -0.366 e. The van der Waals surface area contributed by atoms with E-state index in [9.17, 15) is 4.79 Å². The van der Waals surface area contributed by atoms with Gasteiger partial charge in [0, 0.05) is 38.3 Å². The van der Waals surface area contributed by atoms with Crippen LogP contribution in [0.25, 0.3) is 5.69 Å². The van der Waals surface area contributed by atoms with Crippen molar-refractivity contribution in [2.24, 2.45) is 0 Å². The highest BCUT2D eigenvalue weighted by atomic mass is 35.5. The van der Waals surface area contributed by atoms with Gasteiger partial charge in [-0.25, -0.2) is 0 Å². The molecule has 126 valence electrons. The number of rotatable bonds is 4. The van der Waals surface area contributed by atoms with E-state index in [-0.39, 0.29) is 10.6 Å². The van der Waals surface area contributed by atoms with Crippen molar-refractivity contribution >= 4 is 28.9 Å². The molecule has 2 heterocycles. The number of nitrogens with zero attached hydrogens (tertiary/aromatic N) is 4. The Balaban J connectivity index is 1.79. The van der Waals surface area contributed by atoms with Gasteiger partial charge in [-0.2, -0.15) is 9.78 Å². The van der Waals surface area contributed by atoms with Crippen molar-refractivity contribution in [1.29, 1.82) is 0 Å². The van der Waals surface area contributed by atoms with Crippen LogP contribution in [0.5, 0.6) is 0 Å². The fourth-order valence-electron chi connectivity index (χ4n) is 2.76. The van der Waals surface area contributed by atoms with Gasteiger partial charge in [-0.1, -0.05) is 47.5 Å². The number of hydrogen-bond donors (Lipinski definition) is 0. The zero-order chi connectivity index (χ0) is 16.9. The summed E-state index contributed by atoms with van der Waals surface area (Å²) in [5.41, 5.74) is 2.64. The Hall–Kier alpha value is -1.82. The monoisotopic (exact) mass is 364 g/mol. The van der Waals surface area contributed by atoms with E-state index in [1.54, 1.807) is 6.20 Å². The lowest BCUT2D eigenvalue weighted by atomic mass is 10.2. The van der Waals surface area contributed by atoms with Crippen molar-refractivity contribution in [2.75, 3.05) is 37.6 Å². The highest BCUT2D eigenvalue weighted by Gasteiger charge is 2.21. The lowest BCUT2D eigenvalue weighted by Crippen LogP contribution is -2.47. The second-order valence-electron chi connectivity index (χ2n) is 5.55. The predicted molar refractivity (Wildman–Crippen MR) is 98.5 cm³/mol. The summed E-state index contributed by atoms with van der Waals surface area (Å²) >= 11 is 11.9. The molecule has 5 nitrogen and oxygen atoms in total. The second kappa shape index (κ2) is 7.83. The minimum atomic E-state index is -0.298. The zero-order valence-electron chi connectivity index (χ0n) is 13.1. The molecule has 0 amide bonds. The molecule has 1 aliphatic rings. The van der Waals surface area contributed by atoms with Crippen LogP contribution in [0.2, 0.25) is 5.02 Å². The summed E-state index contributed by atoms with van der Waals surface area (Å²) < 4.78 is 1.33. The minimum absolute atomic E-state index is 0.211. The zero-order valence-corrected chi connectivity index (χ0v) is 14.6. The van der Waals surface area contributed by atoms with E-state index in [4.69, 9.17) is 23.2 Å². The Labute approximate surface area is 150 Å². The van der Waals surface area contributed by atoms with Crippen molar-refractivity contribution in [2.45, 2.75) is 0 Å². The molecule has 0 radical (unpaired) electrons. The van der Waals surface area contributed by atoms with E-state index >= 15 is 0 Å². The molecule has 1 aromatic heterocycles. The van der Waals surface area contributed by atoms with Gasteiger partial charge in [-0.05, 0) is 12.1 Å². The maximum absolute atomic E-state index is 12.5. The van der Waals surface area contributed by atoms with Gasteiger partial charge in [0.15, 0.2) is 0 Å². The average Bonchev–Trinajstić information content (AvgIpc) is 2.63. The van der Waals surface area contributed by atoms with Gasteiger partial charge in [0.05, 0.1) is 17.6 Å². The largest absolute Gasteiger partial charge is 0.366 e. The van der Waals surface area contributed by atoms with E-state index in [2.05, 4.69) is 14.9 Å². The Kier molecular flexibility index (Phi) is 5.56. The predicted octanol–water partition coefficient (Wildman–Crippen LogP) is 2.76. The van der Waals surface area contributed by atoms with Gasteiger partial charge >= 0.3 is 0 Å². The summed E-state index contributed by atoms with van der Waals surface area (Å²) in [6, 6.07) is 9.27. The Bertz CT molecular complexity index is 768. The molecule has 0 saturated carbocycles. The first-order valence-electron chi connectivity index (χ1n) is 7.76. The van der Waals surface area contributed by atoms with Crippen LogP contribution in [0.15, 0.2) is 52.9 Å². The van der Waals surface area contributed by atoms with Crippen LogP contribution in [-0.2, 0) is 0 Å². The molecule has 2 aromatic rings. The summed E-state index contributed by atoms with van der Waals surface area (Å²) in [6.45, 7) is 4.20. The van der Waals surface area contributed by atoms with E-state index in [1.807, 2.05) is 36.4 Å². The summed E-state index contributed by atoms with van der Waals surface area (Å²) in [5, 5.41) is 4.50. The molecule has 0 N–H and O–H groups in total. The first kappa shape index (κ1) is 17.0. The molecule has 1 aromatic carbocycles. The molecular formula is C17H18Cl2N4O. The van der Waals surface area contributed by atoms with Crippen molar-refractivity contribution < 1.29 is 0 Å². The highest BCUT2D eigenvalue weighted by molar-refractivity contribution is 6.33. The first-order chi connectivity index (χ1) is 11.7. The van der Waals surface area contributed by atoms with Crippen LogP contribution in [0, 0.1) is 0 Å². The van der Waals surface area contributed by atoms with E-state index < -0.39 is 0 Å². The summed E-state index contributed by atoms with van der Waals surface area (Å²) in [4.78, 5) is 16.9. The van der Waals surface area contributed by atoms with Crippen LogP contribution < -0.4 is 10.5 Å². The van der Waals surface area contributed by atoms with Crippen LogP contribution >= 0.6 is 23.2 Å². The Morgan fingerprint density at radius 3 is 2.50 bits per heavy atom. The lowest BCUT2D eigenvalue weighted by Gasteiger charge is -2.35. The highest BCUT2D eigenvalue weighted by Crippen LogP contribution is 2.23. The van der Waals surface area contributed by atoms with Gasteiger partial charge < -0.3 is 4.90 Å². The maximum Gasteiger partial charge on any atom is 0.292 e. The van der Waals surface area contributed by atoms with Crippen molar-refractivity contribution in [3.8, 4) is 5.69 Å². The fraction of sp³-hybridized carbons (Fsp3) is 0.294. The topological polar surface area (TPSA) is 41.4 Å². The lowest BCUT2D eigenvalue weighted by molar-refractivity contribution is 0.284. The maximum atomic E-state index is 12.5. The second-order valence-corrected chi connectivity index (χ2v) is 6.18. The molecule has 0 spiro atoms. The number of halogens is 2. The van der Waals surface area contributed by atoms with E-state index in [0.29, 0.717) is 11.4 Å². The van der Waals surface area contributed by atoms with E-state index in [1.165, 1.54) is 10.2 Å². The number of hydrogen-bond acceptors (Lipinski definition) is 4. The Morgan fingerprint density at radius 2 is 1.83 bits per heavy atom. The SMILES string of the molecule is O=c1c(Cl)c(N2CCN(C/C=C/Cl)CC2)cnn1-c1ccccc1. The van der Waals surface area contributed by atoms with Crippen molar-refractivity contribution in [1.82, 2.24) is 14.7 Å². The van der Waals surface area contributed by atoms with E-state index in [0.717, 1.165) is 32.7 Å². The Morgan fingerprint density at radius 1 is 1.12 bits per heavy atom. The molecule has 0 bridgehead atoms. The molecule has 0 atom stereocenters. The number of aromatic nitrogens is 2. The molecule has 1 aliphatic heterocycles. The van der Waals surface area contributed by atoms with Crippen LogP contribution in [0.4, 0.5) is 5.69 Å². The van der Waals surface area contributed by atoms with Gasteiger partial charge in [-0.15, -0.1) is 0 Å². The summed E-state index contributed by atoms with van der Waals surface area (Å²) in [5.74, 6) is 0. The molecule has 7 heteroatoms. The average molecular weight is 365 g/mol.